The number of anilines is 1. The maximum absolute atomic E-state index is 12.6. The van der Waals surface area contributed by atoms with Gasteiger partial charge in [-0.15, -0.1) is 0 Å². The Bertz CT molecular complexity index is 913. The molecule has 3 rings (SSSR count). The molecule has 3 N–H and O–H groups in total. The van der Waals surface area contributed by atoms with Crippen molar-refractivity contribution in [3.8, 4) is 16.9 Å². The molecule has 0 unspecified atom stereocenters. The summed E-state index contributed by atoms with van der Waals surface area (Å²) in [6.45, 7) is 3.84. The van der Waals surface area contributed by atoms with Crippen LogP contribution in [0.25, 0.3) is 22.2 Å². The number of phenolic OH excluding ortho intramolecular Hbond substituents is 1. The minimum absolute atomic E-state index is 0.0505. The van der Waals surface area contributed by atoms with E-state index in [9.17, 15) is 9.90 Å². The molecule has 0 saturated heterocycles. The van der Waals surface area contributed by atoms with Gasteiger partial charge in [-0.2, -0.15) is 0 Å². The summed E-state index contributed by atoms with van der Waals surface area (Å²) in [7, 11) is 0. The number of fused-ring (bicyclic) bond motifs is 1. The number of nitrogens with two attached hydrogens (primary N) is 1. The second-order valence-electron chi connectivity index (χ2n) is 5.48. The van der Waals surface area contributed by atoms with E-state index in [4.69, 9.17) is 5.73 Å². The third kappa shape index (κ3) is 2.11. The summed E-state index contributed by atoms with van der Waals surface area (Å²) >= 11 is 0. The Morgan fingerprint density at radius 1 is 1.23 bits per heavy atom. The Morgan fingerprint density at radius 3 is 2.68 bits per heavy atom. The summed E-state index contributed by atoms with van der Waals surface area (Å²) < 4.78 is 1.59. The molecule has 0 radical (unpaired) electrons. The van der Waals surface area contributed by atoms with Crippen molar-refractivity contribution in [1.82, 2.24) is 9.55 Å². The zero-order valence-corrected chi connectivity index (χ0v) is 12.4. The van der Waals surface area contributed by atoms with Gasteiger partial charge in [-0.05, 0) is 43.7 Å². The number of nitrogens with zero attached hydrogens (tertiary/aromatic N) is 2. The van der Waals surface area contributed by atoms with Gasteiger partial charge in [0.05, 0.1) is 0 Å². The van der Waals surface area contributed by atoms with Gasteiger partial charge in [0.2, 0.25) is 0 Å². The van der Waals surface area contributed by atoms with Crippen LogP contribution in [0.1, 0.15) is 19.9 Å². The number of aromatic nitrogens is 2. The lowest BCUT2D eigenvalue weighted by atomic mass is 10.0. The Labute approximate surface area is 127 Å². The van der Waals surface area contributed by atoms with E-state index in [0.29, 0.717) is 16.8 Å². The van der Waals surface area contributed by atoms with Crippen LogP contribution in [-0.4, -0.2) is 14.7 Å². The molecule has 112 valence electrons. The van der Waals surface area contributed by atoms with Gasteiger partial charge >= 0.3 is 0 Å². The van der Waals surface area contributed by atoms with Gasteiger partial charge in [-0.3, -0.25) is 9.36 Å². The Balaban J connectivity index is 2.49. The molecule has 0 aliphatic rings. The fourth-order valence-electron chi connectivity index (χ4n) is 2.71. The molecule has 3 aromatic rings. The Morgan fingerprint density at radius 2 is 2.00 bits per heavy atom. The minimum Gasteiger partial charge on any atom is -0.508 e. The molecule has 0 amide bonds. The van der Waals surface area contributed by atoms with E-state index in [1.807, 2.05) is 32.0 Å². The highest BCUT2D eigenvalue weighted by molar-refractivity contribution is 5.99. The molecule has 2 heterocycles. The molecule has 0 aliphatic carbocycles. The van der Waals surface area contributed by atoms with Crippen LogP contribution in [0.15, 0.2) is 47.4 Å². The number of hydrogen-bond donors (Lipinski definition) is 2. The lowest BCUT2D eigenvalue weighted by molar-refractivity contribution is 0.475. The number of rotatable bonds is 2. The van der Waals surface area contributed by atoms with Crippen molar-refractivity contribution in [2.75, 3.05) is 5.73 Å². The van der Waals surface area contributed by atoms with Crippen LogP contribution in [0.5, 0.6) is 5.75 Å². The highest BCUT2D eigenvalue weighted by Crippen LogP contribution is 2.33. The molecule has 0 saturated carbocycles. The smallest absolute Gasteiger partial charge is 0.276 e. The zero-order valence-electron chi connectivity index (χ0n) is 12.4. The molecule has 0 aliphatic heterocycles. The molecule has 1 aromatic carbocycles. The average molecular weight is 295 g/mol. The van der Waals surface area contributed by atoms with E-state index in [1.165, 1.54) is 0 Å². The molecule has 2 aromatic heterocycles. The molecule has 5 nitrogen and oxygen atoms in total. The van der Waals surface area contributed by atoms with Gasteiger partial charge in [0.25, 0.3) is 5.56 Å². The summed E-state index contributed by atoms with van der Waals surface area (Å²) in [5.41, 5.74) is 7.93. The topological polar surface area (TPSA) is 81.1 Å². The molecule has 5 heteroatoms. The number of benzene rings is 1. The average Bonchev–Trinajstić information content (AvgIpc) is 2.48. The second kappa shape index (κ2) is 5.18. The maximum Gasteiger partial charge on any atom is 0.276 e. The highest BCUT2D eigenvalue weighted by Gasteiger charge is 2.18. The van der Waals surface area contributed by atoms with Gasteiger partial charge in [0.1, 0.15) is 17.1 Å². The van der Waals surface area contributed by atoms with Crippen molar-refractivity contribution in [2.45, 2.75) is 19.9 Å². The predicted molar refractivity (Wildman–Crippen MR) is 87.9 cm³/mol. The van der Waals surface area contributed by atoms with Crippen molar-refractivity contribution in [1.29, 1.82) is 0 Å². The van der Waals surface area contributed by atoms with Crippen molar-refractivity contribution < 1.29 is 5.11 Å². The summed E-state index contributed by atoms with van der Waals surface area (Å²) in [5.74, 6) is 0.127. The SMILES string of the molecule is CC(C)n1c(=O)c(N)c(-c2cccc(O)c2)c2cccnc21. The molecule has 0 bridgehead atoms. The summed E-state index contributed by atoms with van der Waals surface area (Å²) in [6, 6.07) is 10.4. The van der Waals surface area contributed by atoms with Crippen LogP contribution in [-0.2, 0) is 0 Å². The van der Waals surface area contributed by atoms with Crippen molar-refractivity contribution in [3.63, 3.8) is 0 Å². The number of hydrogen-bond acceptors (Lipinski definition) is 4. The summed E-state index contributed by atoms with van der Waals surface area (Å²) in [6.07, 6.45) is 1.66. The number of nitrogen functional groups attached to an aromatic ring is 1. The van der Waals surface area contributed by atoms with Crippen molar-refractivity contribution >= 4 is 16.7 Å². The minimum atomic E-state index is -0.264. The molecule has 0 fully saturated rings. The van der Waals surface area contributed by atoms with Crippen LogP contribution in [0.2, 0.25) is 0 Å². The Kier molecular flexibility index (Phi) is 3.33. The summed E-state index contributed by atoms with van der Waals surface area (Å²) in [4.78, 5) is 17.0. The van der Waals surface area contributed by atoms with E-state index in [2.05, 4.69) is 4.98 Å². The third-order valence-electron chi connectivity index (χ3n) is 3.65. The predicted octanol–water partition coefficient (Wildman–Crippen LogP) is 2.93. The first-order valence-corrected chi connectivity index (χ1v) is 7.09. The van der Waals surface area contributed by atoms with Crippen LogP contribution in [0.3, 0.4) is 0 Å². The lowest BCUT2D eigenvalue weighted by Crippen LogP contribution is -2.26. The molecule has 0 spiro atoms. The van der Waals surface area contributed by atoms with E-state index in [0.717, 1.165) is 5.39 Å². The van der Waals surface area contributed by atoms with Crippen molar-refractivity contribution in [3.05, 3.63) is 52.9 Å². The van der Waals surface area contributed by atoms with Crippen LogP contribution >= 0.6 is 0 Å². The van der Waals surface area contributed by atoms with E-state index >= 15 is 0 Å². The number of phenols is 1. The highest BCUT2D eigenvalue weighted by atomic mass is 16.3. The molecular formula is C17H17N3O2. The van der Waals surface area contributed by atoms with Crippen molar-refractivity contribution in [2.24, 2.45) is 0 Å². The van der Waals surface area contributed by atoms with Gasteiger partial charge in [0, 0.05) is 23.2 Å². The van der Waals surface area contributed by atoms with Gasteiger partial charge in [-0.25, -0.2) is 4.98 Å². The number of pyridine rings is 2. The van der Waals surface area contributed by atoms with Crippen LogP contribution in [0, 0.1) is 0 Å². The molecule has 0 atom stereocenters. The van der Waals surface area contributed by atoms with Gasteiger partial charge < -0.3 is 10.8 Å². The Hall–Kier alpha value is -2.82. The first-order chi connectivity index (χ1) is 10.5. The fourth-order valence-corrected chi connectivity index (χ4v) is 2.71. The molecule has 22 heavy (non-hydrogen) atoms. The maximum atomic E-state index is 12.6. The number of aromatic hydroxyl groups is 1. The summed E-state index contributed by atoms with van der Waals surface area (Å²) in [5, 5.41) is 10.5. The largest absolute Gasteiger partial charge is 0.508 e. The first kappa shape index (κ1) is 14.1. The fraction of sp³-hybridized carbons (Fsp3) is 0.176. The molecular weight excluding hydrogens is 278 g/mol. The first-order valence-electron chi connectivity index (χ1n) is 7.09. The van der Waals surface area contributed by atoms with Gasteiger partial charge in [-0.1, -0.05) is 12.1 Å². The van der Waals surface area contributed by atoms with Crippen LogP contribution in [0.4, 0.5) is 5.69 Å². The van der Waals surface area contributed by atoms with Crippen LogP contribution < -0.4 is 11.3 Å². The van der Waals surface area contributed by atoms with E-state index < -0.39 is 0 Å². The normalized spacial score (nSPS) is 11.2. The zero-order chi connectivity index (χ0) is 15.9. The standard InChI is InChI=1S/C17H17N3O2/c1-10(2)20-16-13(7-4-8-19-16)14(15(18)17(20)22)11-5-3-6-12(21)9-11/h3-10,21H,18H2,1-2H3. The van der Waals surface area contributed by atoms with E-state index in [1.54, 1.807) is 29.0 Å². The quantitative estimate of drug-likeness (QED) is 0.761. The monoisotopic (exact) mass is 295 g/mol. The third-order valence-corrected chi connectivity index (χ3v) is 3.65. The lowest BCUT2D eigenvalue weighted by Gasteiger charge is -2.17. The second-order valence-corrected chi connectivity index (χ2v) is 5.48. The van der Waals surface area contributed by atoms with Gasteiger partial charge in [0.15, 0.2) is 0 Å². The van der Waals surface area contributed by atoms with E-state index in [-0.39, 0.29) is 23.0 Å².